The molecule has 0 aliphatic carbocycles. The molecule has 0 atom stereocenters. The molecule has 0 saturated carbocycles. The van der Waals surface area contributed by atoms with E-state index in [0.29, 0.717) is 31.6 Å². The maximum Gasteiger partial charge on any atom is 0.204 e. The van der Waals surface area contributed by atoms with Gasteiger partial charge in [-0.25, -0.2) is 4.98 Å². The number of nitriles is 2. The van der Waals surface area contributed by atoms with E-state index < -0.39 is 0 Å². The number of aryl methyl sites for hydroxylation is 1. The fourth-order valence-electron chi connectivity index (χ4n) is 1.71. The molecular weight excluding hydrogens is 340 g/mol. The number of aromatic nitrogens is 2. The van der Waals surface area contributed by atoms with Gasteiger partial charge in [-0.1, -0.05) is 0 Å². The van der Waals surface area contributed by atoms with Gasteiger partial charge >= 0.3 is 0 Å². The second-order valence-electron chi connectivity index (χ2n) is 4.66. The number of aliphatic imine (C=N–C) groups is 2. The van der Waals surface area contributed by atoms with E-state index in [9.17, 15) is 0 Å². The summed E-state index contributed by atoms with van der Waals surface area (Å²) in [5.41, 5.74) is 2.13. The van der Waals surface area contributed by atoms with Crippen LogP contribution in [0.3, 0.4) is 0 Å². The number of nitrogens with zero attached hydrogens (tertiary/aromatic N) is 5. The van der Waals surface area contributed by atoms with Gasteiger partial charge in [0.15, 0.2) is 12.4 Å². The summed E-state index contributed by atoms with van der Waals surface area (Å²) in [6.07, 6.45) is 5.34. The number of imidazole rings is 1. The zero-order valence-corrected chi connectivity index (χ0v) is 15.1. The Morgan fingerprint density at radius 3 is 2.52 bits per heavy atom. The van der Waals surface area contributed by atoms with E-state index in [4.69, 9.17) is 10.5 Å². The molecule has 0 aliphatic rings. The van der Waals surface area contributed by atoms with E-state index in [-0.39, 0.29) is 0 Å². The number of rotatable bonds is 8. The van der Waals surface area contributed by atoms with Gasteiger partial charge in [-0.05, 0) is 6.92 Å². The highest BCUT2D eigenvalue weighted by Crippen LogP contribution is 2.11. The van der Waals surface area contributed by atoms with E-state index in [1.54, 1.807) is 31.3 Å². The van der Waals surface area contributed by atoms with Gasteiger partial charge in [0.25, 0.3) is 0 Å². The first-order chi connectivity index (χ1) is 12.2. The Hall–Kier alpha value is -2.92. The van der Waals surface area contributed by atoms with Crippen LogP contribution in [-0.4, -0.2) is 54.3 Å². The topological polar surface area (TPSA) is 149 Å². The van der Waals surface area contributed by atoms with Crippen LogP contribution >= 0.6 is 11.8 Å². The molecular formula is C14H22N10S. The molecule has 1 rings (SSSR count). The molecule has 0 unspecified atom stereocenters. The van der Waals surface area contributed by atoms with E-state index in [2.05, 4.69) is 41.2 Å². The van der Waals surface area contributed by atoms with Gasteiger partial charge in [0.1, 0.15) is 0 Å². The molecule has 0 amide bonds. The Morgan fingerprint density at radius 2 is 1.92 bits per heavy atom. The normalized spacial score (nSPS) is 11.4. The predicted octanol–water partition coefficient (Wildman–Crippen LogP) is -0.386. The minimum atomic E-state index is 0.390. The quantitative estimate of drug-likeness (QED) is 0.138. The summed E-state index contributed by atoms with van der Waals surface area (Å²) in [6.45, 7) is 3.60. The minimum Gasteiger partial charge on any atom is -0.354 e. The van der Waals surface area contributed by atoms with Crippen LogP contribution in [0.25, 0.3) is 0 Å². The van der Waals surface area contributed by atoms with Crippen molar-refractivity contribution in [3.63, 3.8) is 0 Å². The molecule has 0 aliphatic heterocycles. The summed E-state index contributed by atoms with van der Waals surface area (Å²) in [5.74, 6) is 2.46. The van der Waals surface area contributed by atoms with Gasteiger partial charge in [0, 0.05) is 37.3 Å². The largest absolute Gasteiger partial charge is 0.354 e. The molecule has 11 heteroatoms. The van der Waals surface area contributed by atoms with Crippen LogP contribution in [0.4, 0.5) is 0 Å². The lowest BCUT2D eigenvalue weighted by atomic mass is 10.4. The van der Waals surface area contributed by atoms with Gasteiger partial charge in [0.2, 0.25) is 11.9 Å². The number of hydrogen-bond donors (Lipinski definition) is 5. The van der Waals surface area contributed by atoms with Gasteiger partial charge in [-0.3, -0.25) is 20.6 Å². The monoisotopic (exact) mass is 362 g/mol. The highest BCUT2D eigenvalue weighted by molar-refractivity contribution is 7.98. The standard InChI is InChI=1S/C14H22N10S/c1-11-12(24-10-23-11)7-25-6-5-20-14(22-9-16)19-4-3-18-13(17-2)21-8-15/h10H,3-7H2,1-2H3,(H,23,24)(H2,17,18,21)(H2,19,20,22). The number of aromatic amines is 1. The molecule has 0 bridgehead atoms. The van der Waals surface area contributed by atoms with E-state index in [1.807, 2.05) is 13.1 Å². The highest BCUT2D eigenvalue weighted by Gasteiger charge is 2.01. The second kappa shape index (κ2) is 12.5. The smallest absolute Gasteiger partial charge is 0.204 e. The molecule has 1 aromatic rings. The van der Waals surface area contributed by atoms with E-state index in [1.165, 1.54) is 0 Å². The van der Waals surface area contributed by atoms with Gasteiger partial charge in [0.05, 0.1) is 18.6 Å². The van der Waals surface area contributed by atoms with E-state index >= 15 is 0 Å². The molecule has 134 valence electrons. The maximum absolute atomic E-state index is 8.77. The number of guanidine groups is 2. The van der Waals surface area contributed by atoms with Crippen LogP contribution in [0.2, 0.25) is 0 Å². The Kier molecular flexibility index (Phi) is 10.1. The molecule has 25 heavy (non-hydrogen) atoms. The highest BCUT2D eigenvalue weighted by atomic mass is 32.2. The van der Waals surface area contributed by atoms with Gasteiger partial charge in [-0.2, -0.15) is 22.3 Å². The van der Waals surface area contributed by atoms with Crippen LogP contribution in [0, 0.1) is 29.8 Å². The number of hydrogen-bond acceptors (Lipinski definition) is 6. The molecule has 0 fully saturated rings. The van der Waals surface area contributed by atoms with Crippen LogP contribution in [0.1, 0.15) is 11.4 Å². The summed E-state index contributed by atoms with van der Waals surface area (Å²) in [4.78, 5) is 15.5. The van der Waals surface area contributed by atoms with Gasteiger partial charge < -0.3 is 15.6 Å². The zero-order chi connectivity index (χ0) is 18.3. The van der Waals surface area contributed by atoms with E-state index in [0.717, 1.165) is 22.9 Å². The van der Waals surface area contributed by atoms with Crippen molar-refractivity contribution in [3.05, 3.63) is 17.7 Å². The minimum absolute atomic E-state index is 0.390. The average molecular weight is 362 g/mol. The van der Waals surface area contributed by atoms with Gasteiger partial charge in [-0.15, -0.1) is 0 Å². The molecule has 10 nitrogen and oxygen atoms in total. The molecule has 0 radical (unpaired) electrons. The van der Waals surface area contributed by atoms with Crippen LogP contribution in [0.5, 0.6) is 0 Å². The summed E-state index contributed by atoms with van der Waals surface area (Å²) in [6, 6.07) is 0. The Morgan fingerprint density at radius 1 is 1.24 bits per heavy atom. The molecule has 5 N–H and O–H groups in total. The van der Waals surface area contributed by atoms with Crippen molar-refractivity contribution >= 4 is 23.7 Å². The third-order valence-corrected chi connectivity index (χ3v) is 3.91. The third kappa shape index (κ3) is 8.48. The van der Waals surface area contributed by atoms with Crippen LogP contribution < -0.4 is 21.3 Å². The average Bonchev–Trinajstić information content (AvgIpc) is 3.02. The maximum atomic E-state index is 8.77. The second-order valence-corrected chi connectivity index (χ2v) is 5.76. The van der Waals surface area contributed by atoms with Crippen LogP contribution in [-0.2, 0) is 5.75 Å². The first kappa shape index (κ1) is 20.1. The van der Waals surface area contributed by atoms with Crippen LogP contribution in [0.15, 0.2) is 16.3 Å². The lowest BCUT2D eigenvalue weighted by Gasteiger charge is -2.10. The van der Waals surface area contributed by atoms with Crippen molar-refractivity contribution in [2.45, 2.75) is 12.7 Å². The van der Waals surface area contributed by atoms with Crippen molar-refractivity contribution < 1.29 is 0 Å². The molecule has 1 aromatic heterocycles. The Labute approximate surface area is 151 Å². The Balaban J connectivity index is 2.26. The lowest BCUT2D eigenvalue weighted by molar-refractivity contribution is 0.783. The fraction of sp³-hybridized carbons (Fsp3) is 0.500. The Bertz CT molecular complexity index is 651. The first-order valence-electron chi connectivity index (χ1n) is 7.57. The number of nitrogens with one attached hydrogen (secondary N) is 5. The first-order valence-corrected chi connectivity index (χ1v) is 8.72. The van der Waals surface area contributed by atoms with Crippen molar-refractivity contribution in [2.24, 2.45) is 9.98 Å². The molecule has 0 spiro atoms. The predicted molar refractivity (Wildman–Crippen MR) is 98.7 cm³/mol. The summed E-state index contributed by atoms with van der Waals surface area (Å²) in [5, 5.41) is 28.2. The lowest BCUT2D eigenvalue weighted by Crippen LogP contribution is -2.42. The summed E-state index contributed by atoms with van der Waals surface area (Å²) < 4.78 is 0. The number of thioether (sulfide) groups is 1. The fourth-order valence-corrected chi connectivity index (χ4v) is 2.56. The number of H-pyrrole nitrogens is 1. The van der Waals surface area contributed by atoms with Crippen molar-refractivity contribution in [2.75, 3.05) is 32.4 Å². The summed E-state index contributed by atoms with van der Waals surface area (Å²) >= 11 is 1.73. The molecule has 0 aromatic carbocycles. The molecule has 0 saturated heterocycles. The van der Waals surface area contributed by atoms with Crippen molar-refractivity contribution in [1.29, 1.82) is 10.5 Å². The SMILES string of the molecule is C/N=C(/NC#N)NCCN/C(=N\CCSCc1nc[nH]c1C)NC#N. The third-order valence-electron chi connectivity index (χ3n) is 2.96. The summed E-state index contributed by atoms with van der Waals surface area (Å²) in [7, 11) is 1.58. The van der Waals surface area contributed by atoms with Crippen molar-refractivity contribution in [1.82, 2.24) is 31.2 Å². The zero-order valence-electron chi connectivity index (χ0n) is 14.3. The molecule has 1 heterocycles. The van der Waals surface area contributed by atoms with Crippen molar-refractivity contribution in [3.8, 4) is 12.4 Å².